The molecule has 6 heteroatoms. The smallest absolute Gasteiger partial charge is 0.192 e. The monoisotopic (exact) mass is 296 g/mol. The molecule has 0 saturated heterocycles. The minimum absolute atomic E-state index is 0.0702. The number of nitrogens with zero attached hydrogens (tertiary/aromatic N) is 1. The molecule has 4 nitrogen and oxygen atoms in total. The molecule has 0 amide bonds. The van der Waals surface area contributed by atoms with E-state index in [1.165, 1.54) is 12.3 Å². The van der Waals surface area contributed by atoms with Crippen LogP contribution in [0.4, 0.5) is 5.69 Å². The van der Waals surface area contributed by atoms with Crippen LogP contribution in [0, 0.1) is 0 Å². The first-order valence-electron chi connectivity index (χ1n) is 5.59. The van der Waals surface area contributed by atoms with E-state index in [4.69, 9.17) is 11.6 Å². The van der Waals surface area contributed by atoms with E-state index in [0.717, 1.165) is 17.5 Å². The molecule has 19 heavy (non-hydrogen) atoms. The minimum Gasteiger partial charge on any atom is -0.380 e. The summed E-state index contributed by atoms with van der Waals surface area (Å²) in [6.45, 7) is 0.598. The molecule has 0 radical (unpaired) electrons. The van der Waals surface area contributed by atoms with Crippen LogP contribution in [0.25, 0.3) is 0 Å². The summed E-state index contributed by atoms with van der Waals surface area (Å²) in [4.78, 5) is 3.90. The third-order valence-corrected chi connectivity index (χ3v) is 3.74. The Morgan fingerprint density at radius 2 is 2.05 bits per heavy atom. The lowest BCUT2D eigenvalue weighted by Gasteiger charge is -2.07. The molecule has 1 aromatic carbocycles. The number of pyridine rings is 1. The number of aromatic nitrogens is 1. The average molecular weight is 297 g/mol. The second-order valence-corrected chi connectivity index (χ2v) is 6.54. The summed E-state index contributed by atoms with van der Waals surface area (Å²) in [7, 11) is -3.25. The van der Waals surface area contributed by atoms with E-state index in [0.29, 0.717) is 11.6 Å². The molecule has 0 aliphatic rings. The predicted octanol–water partition coefficient (Wildman–Crippen LogP) is 2.75. The van der Waals surface area contributed by atoms with Crippen molar-refractivity contribution in [2.75, 3.05) is 11.6 Å². The first-order valence-corrected chi connectivity index (χ1v) is 7.86. The maximum Gasteiger partial charge on any atom is 0.192 e. The molecule has 0 spiro atoms. The van der Waals surface area contributed by atoms with Gasteiger partial charge >= 0.3 is 0 Å². The first kappa shape index (κ1) is 13.8. The number of hydrogen-bond donors (Lipinski definition) is 1. The number of halogens is 1. The van der Waals surface area contributed by atoms with Crippen molar-refractivity contribution in [3.8, 4) is 0 Å². The Hall–Kier alpha value is -1.59. The van der Waals surface area contributed by atoms with Crippen molar-refractivity contribution in [1.29, 1.82) is 0 Å². The van der Waals surface area contributed by atoms with E-state index >= 15 is 0 Å². The van der Waals surface area contributed by atoms with Gasteiger partial charge in [0.25, 0.3) is 0 Å². The Morgan fingerprint density at radius 1 is 1.26 bits per heavy atom. The van der Waals surface area contributed by atoms with Crippen molar-refractivity contribution in [3.05, 3.63) is 53.2 Å². The van der Waals surface area contributed by atoms with Gasteiger partial charge in [-0.1, -0.05) is 23.7 Å². The van der Waals surface area contributed by atoms with Crippen LogP contribution in [0.1, 0.15) is 5.56 Å². The number of rotatable bonds is 4. The van der Waals surface area contributed by atoms with Gasteiger partial charge in [0, 0.05) is 17.8 Å². The van der Waals surface area contributed by atoms with Crippen LogP contribution in [0.5, 0.6) is 0 Å². The molecule has 0 atom stereocenters. The van der Waals surface area contributed by atoms with Gasteiger partial charge in [-0.15, -0.1) is 0 Å². The number of nitrogens with one attached hydrogen (secondary N) is 1. The summed E-state index contributed by atoms with van der Waals surface area (Å²) in [5, 5.41) is 3.91. The molecule has 1 aromatic heterocycles. The topological polar surface area (TPSA) is 59.1 Å². The summed E-state index contributed by atoms with van der Waals surface area (Å²) >= 11 is 5.89. The van der Waals surface area contributed by atoms with E-state index in [9.17, 15) is 8.42 Å². The summed E-state index contributed by atoms with van der Waals surface area (Å²) in [5.74, 6) is 0. The van der Waals surface area contributed by atoms with E-state index in [1.54, 1.807) is 6.07 Å². The van der Waals surface area contributed by atoms with Crippen LogP contribution in [0.15, 0.2) is 47.6 Å². The van der Waals surface area contributed by atoms with E-state index in [-0.39, 0.29) is 5.03 Å². The van der Waals surface area contributed by atoms with Crippen molar-refractivity contribution in [2.45, 2.75) is 11.6 Å². The van der Waals surface area contributed by atoms with E-state index < -0.39 is 9.84 Å². The average Bonchev–Trinajstić information content (AvgIpc) is 2.36. The van der Waals surface area contributed by atoms with Crippen LogP contribution in [0.3, 0.4) is 0 Å². The molecule has 0 aliphatic carbocycles. The third kappa shape index (κ3) is 3.94. The molecule has 1 heterocycles. The number of anilines is 1. The van der Waals surface area contributed by atoms with Crippen LogP contribution < -0.4 is 5.32 Å². The first-order chi connectivity index (χ1) is 8.95. The Bertz CT molecular complexity index is 669. The molecule has 2 aromatic rings. The predicted molar refractivity (Wildman–Crippen MR) is 76.1 cm³/mol. The SMILES string of the molecule is CS(=O)(=O)c1ccc(NCc2cccc(Cl)c2)cn1. The van der Waals surface area contributed by atoms with Crippen molar-refractivity contribution in [3.63, 3.8) is 0 Å². The highest BCUT2D eigenvalue weighted by Gasteiger charge is 2.07. The fraction of sp³-hybridized carbons (Fsp3) is 0.154. The Kier molecular flexibility index (Phi) is 4.07. The van der Waals surface area contributed by atoms with Crippen LogP contribution in [-0.4, -0.2) is 19.7 Å². The second-order valence-electron chi connectivity index (χ2n) is 4.14. The maximum atomic E-state index is 11.3. The van der Waals surface area contributed by atoms with Crippen LogP contribution >= 0.6 is 11.6 Å². The Balaban J connectivity index is 2.05. The summed E-state index contributed by atoms with van der Waals surface area (Å²) in [6.07, 6.45) is 2.63. The quantitative estimate of drug-likeness (QED) is 0.942. The maximum absolute atomic E-state index is 11.3. The Labute approximate surface area is 117 Å². The van der Waals surface area contributed by atoms with Crippen LogP contribution in [-0.2, 0) is 16.4 Å². The van der Waals surface area contributed by atoms with Gasteiger partial charge in [0.05, 0.1) is 11.9 Å². The van der Waals surface area contributed by atoms with Crippen molar-refractivity contribution in [1.82, 2.24) is 4.98 Å². The number of hydrogen-bond acceptors (Lipinski definition) is 4. The van der Waals surface area contributed by atoms with Gasteiger partial charge in [0.2, 0.25) is 0 Å². The van der Waals surface area contributed by atoms with Gasteiger partial charge in [-0.2, -0.15) is 0 Å². The molecule has 1 N–H and O–H groups in total. The van der Waals surface area contributed by atoms with Gasteiger partial charge < -0.3 is 5.32 Å². The molecule has 100 valence electrons. The van der Waals surface area contributed by atoms with Crippen molar-refractivity contribution < 1.29 is 8.42 Å². The largest absolute Gasteiger partial charge is 0.380 e. The van der Waals surface area contributed by atoms with Gasteiger partial charge in [-0.3, -0.25) is 0 Å². The minimum atomic E-state index is -3.25. The zero-order valence-electron chi connectivity index (χ0n) is 10.3. The highest BCUT2D eigenvalue weighted by molar-refractivity contribution is 7.90. The highest BCUT2D eigenvalue weighted by Crippen LogP contribution is 2.14. The normalized spacial score (nSPS) is 11.3. The summed E-state index contributed by atoms with van der Waals surface area (Å²) in [6, 6.07) is 10.7. The van der Waals surface area contributed by atoms with Gasteiger partial charge in [0.15, 0.2) is 14.9 Å². The lowest BCUT2D eigenvalue weighted by molar-refractivity contribution is 0.598. The fourth-order valence-electron chi connectivity index (χ4n) is 1.56. The van der Waals surface area contributed by atoms with E-state index in [1.807, 2.05) is 24.3 Å². The zero-order valence-corrected chi connectivity index (χ0v) is 11.9. The van der Waals surface area contributed by atoms with Gasteiger partial charge in [0.1, 0.15) is 0 Å². The van der Waals surface area contributed by atoms with Crippen molar-refractivity contribution >= 4 is 27.1 Å². The zero-order chi connectivity index (χ0) is 13.9. The molecular formula is C13H13ClN2O2S. The number of benzene rings is 1. The molecule has 0 fully saturated rings. The van der Waals surface area contributed by atoms with Crippen LogP contribution in [0.2, 0.25) is 5.02 Å². The third-order valence-electron chi connectivity index (χ3n) is 2.50. The second kappa shape index (κ2) is 5.59. The summed E-state index contributed by atoms with van der Waals surface area (Å²) in [5.41, 5.74) is 1.80. The number of sulfone groups is 1. The molecule has 2 rings (SSSR count). The van der Waals surface area contributed by atoms with E-state index in [2.05, 4.69) is 10.3 Å². The lowest BCUT2D eigenvalue weighted by atomic mass is 10.2. The summed E-state index contributed by atoms with van der Waals surface area (Å²) < 4.78 is 22.5. The Morgan fingerprint density at radius 3 is 2.63 bits per heavy atom. The van der Waals surface area contributed by atoms with Crippen molar-refractivity contribution in [2.24, 2.45) is 0 Å². The molecule has 0 bridgehead atoms. The van der Waals surface area contributed by atoms with Gasteiger partial charge in [-0.05, 0) is 29.8 Å². The van der Waals surface area contributed by atoms with Gasteiger partial charge in [-0.25, -0.2) is 13.4 Å². The lowest BCUT2D eigenvalue weighted by Crippen LogP contribution is -2.03. The molecular weight excluding hydrogens is 284 g/mol. The fourth-order valence-corrected chi connectivity index (χ4v) is 2.33. The molecule has 0 saturated carbocycles. The molecule has 0 aliphatic heterocycles. The standard InChI is InChI=1S/C13H13ClN2O2S/c1-19(17,18)13-6-5-12(9-16-13)15-8-10-3-2-4-11(14)7-10/h2-7,9,15H,8H2,1H3. The highest BCUT2D eigenvalue weighted by atomic mass is 35.5. The molecule has 0 unspecified atom stereocenters.